The van der Waals surface area contributed by atoms with Crippen LogP contribution in [0.1, 0.15) is 36.0 Å². The van der Waals surface area contributed by atoms with Crippen molar-refractivity contribution >= 4 is 35.0 Å². The molecule has 0 bridgehead atoms. The molecular formula is C26H28N2OS2. The largest absolute Gasteiger partial charge is 0.294 e. The Morgan fingerprint density at radius 2 is 1.97 bits per heavy atom. The minimum Gasteiger partial charge on any atom is -0.294 e. The number of piperidine rings is 1. The molecule has 1 aliphatic rings. The van der Waals surface area contributed by atoms with Crippen LogP contribution in [0.5, 0.6) is 0 Å². The quantitative estimate of drug-likeness (QED) is 0.335. The molecule has 0 amide bonds. The van der Waals surface area contributed by atoms with Gasteiger partial charge < -0.3 is 0 Å². The van der Waals surface area contributed by atoms with E-state index in [4.69, 9.17) is 0 Å². The first kappa shape index (κ1) is 22.0. The first-order chi connectivity index (χ1) is 15.0. The molecule has 0 N–H and O–H groups in total. The molecule has 1 saturated heterocycles. The summed E-state index contributed by atoms with van der Waals surface area (Å²) in [4.78, 5) is 23.2. The summed E-state index contributed by atoms with van der Waals surface area (Å²) in [5, 5.41) is 2.13. The zero-order valence-corrected chi connectivity index (χ0v) is 19.9. The maximum atomic E-state index is 13.6. The molecule has 5 heteroatoms. The SMILES string of the molecule is CSc1ccc(C2C(=Cc3ccccn3)C(=O)C(C)(C)CN2CCc2cccs2)cc1. The van der Waals surface area contributed by atoms with Crippen LogP contribution in [0.2, 0.25) is 0 Å². The minimum absolute atomic E-state index is 0.0709. The van der Waals surface area contributed by atoms with Crippen LogP contribution in [0.4, 0.5) is 0 Å². The fraction of sp³-hybridized carbons (Fsp3) is 0.308. The first-order valence-electron chi connectivity index (χ1n) is 10.6. The number of Topliss-reactive ketones (excluding diaryl/α,β-unsaturated/α-hetero) is 1. The molecule has 0 spiro atoms. The van der Waals surface area contributed by atoms with Gasteiger partial charge in [0.1, 0.15) is 0 Å². The summed E-state index contributed by atoms with van der Waals surface area (Å²) >= 11 is 3.53. The van der Waals surface area contributed by atoms with E-state index in [9.17, 15) is 4.79 Å². The predicted octanol–water partition coefficient (Wildman–Crippen LogP) is 6.14. The summed E-state index contributed by atoms with van der Waals surface area (Å²) in [5.41, 5.74) is 2.38. The summed E-state index contributed by atoms with van der Waals surface area (Å²) in [6.07, 6.45) is 6.84. The third-order valence-electron chi connectivity index (χ3n) is 5.78. The highest BCUT2D eigenvalue weighted by Crippen LogP contribution is 2.42. The molecule has 3 aromatic rings. The van der Waals surface area contributed by atoms with E-state index in [0.29, 0.717) is 0 Å². The van der Waals surface area contributed by atoms with E-state index >= 15 is 0 Å². The topological polar surface area (TPSA) is 33.2 Å². The molecule has 31 heavy (non-hydrogen) atoms. The van der Waals surface area contributed by atoms with Gasteiger partial charge in [-0.3, -0.25) is 14.7 Å². The highest BCUT2D eigenvalue weighted by atomic mass is 32.2. The van der Waals surface area contributed by atoms with Crippen LogP contribution in [0.25, 0.3) is 6.08 Å². The van der Waals surface area contributed by atoms with Gasteiger partial charge in [0.15, 0.2) is 5.78 Å². The molecular weight excluding hydrogens is 420 g/mol. The number of aromatic nitrogens is 1. The van der Waals surface area contributed by atoms with Crippen molar-refractivity contribution in [2.24, 2.45) is 5.41 Å². The summed E-state index contributed by atoms with van der Waals surface area (Å²) < 4.78 is 0. The molecule has 3 nitrogen and oxygen atoms in total. The molecule has 2 aromatic heterocycles. The number of carbonyl (C=O) groups is 1. The van der Waals surface area contributed by atoms with Crippen molar-refractivity contribution in [1.82, 2.24) is 9.88 Å². The summed E-state index contributed by atoms with van der Waals surface area (Å²) in [6, 6.07) is 18.7. The Morgan fingerprint density at radius 1 is 1.16 bits per heavy atom. The summed E-state index contributed by atoms with van der Waals surface area (Å²) in [5.74, 6) is 0.212. The zero-order chi connectivity index (χ0) is 21.8. The lowest BCUT2D eigenvalue weighted by Gasteiger charge is -2.44. The van der Waals surface area contributed by atoms with Crippen molar-refractivity contribution in [3.8, 4) is 0 Å². The second-order valence-corrected chi connectivity index (χ2v) is 10.5. The van der Waals surface area contributed by atoms with Crippen molar-refractivity contribution < 1.29 is 4.79 Å². The average Bonchev–Trinajstić information content (AvgIpc) is 3.30. The molecule has 1 atom stereocenters. The van der Waals surface area contributed by atoms with Gasteiger partial charge in [0, 0.05) is 40.0 Å². The molecule has 3 heterocycles. The first-order valence-corrected chi connectivity index (χ1v) is 12.7. The van der Waals surface area contributed by atoms with Crippen molar-refractivity contribution in [3.05, 3.63) is 87.9 Å². The van der Waals surface area contributed by atoms with Gasteiger partial charge in [0.2, 0.25) is 0 Å². The lowest BCUT2D eigenvalue weighted by Crippen LogP contribution is -2.49. The van der Waals surface area contributed by atoms with Crippen molar-refractivity contribution in [1.29, 1.82) is 0 Å². The molecule has 0 radical (unpaired) electrons. The van der Waals surface area contributed by atoms with Gasteiger partial charge in [-0.25, -0.2) is 0 Å². The Kier molecular flexibility index (Phi) is 6.75. The Hall–Kier alpha value is -2.21. The fourth-order valence-corrected chi connectivity index (χ4v) is 5.35. The van der Waals surface area contributed by atoms with Gasteiger partial charge in [-0.05, 0) is 60.0 Å². The molecule has 1 fully saturated rings. The third kappa shape index (κ3) is 5.00. The number of pyridine rings is 1. The number of hydrogen-bond donors (Lipinski definition) is 0. The number of rotatable bonds is 6. The summed E-state index contributed by atoms with van der Waals surface area (Å²) in [6.45, 7) is 5.77. The number of benzene rings is 1. The number of carbonyl (C=O) groups excluding carboxylic acids is 1. The zero-order valence-electron chi connectivity index (χ0n) is 18.2. The van der Waals surface area contributed by atoms with Crippen molar-refractivity contribution in [2.75, 3.05) is 19.3 Å². The van der Waals surface area contributed by atoms with Gasteiger partial charge in [-0.1, -0.05) is 38.1 Å². The Morgan fingerprint density at radius 3 is 2.61 bits per heavy atom. The maximum Gasteiger partial charge on any atom is 0.167 e. The van der Waals surface area contributed by atoms with E-state index in [1.54, 1.807) is 29.3 Å². The predicted molar refractivity (Wildman–Crippen MR) is 132 cm³/mol. The van der Waals surface area contributed by atoms with Crippen LogP contribution in [-0.2, 0) is 11.2 Å². The van der Waals surface area contributed by atoms with Crippen LogP contribution in [0.3, 0.4) is 0 Å². The molecule has 160 valence electrons. The Bertz CT molecular complexity index is 1040. The standard InChI is InChI=1S/C26H28N2OS2/c1-26(2)18-28(15-13-22-8-6-16-31-22)24(19-9-11-21(30-3)12-10-19)23(25(26)29)17-20-7-4-5-14-27-20/h4-12,14,16-17,24H,13,15,18H2,1-3H3. The van der Waals surface area contributed by atoms with E-state index in [1.807, 2.05) is 24.3 Å². The Labute approximate surface area is 193 Å². The molecule has 4 rings (SSSR count). The normalized spacial score (nSPS) is 20.3. The third-order valence-corrected chi connectivity index (χ3v) is 7.46. The molecule has 1 aromatic carbocycles. The van der Waals surface area contributed by atoms with Crippen molar-refractivity contribution in [3.63, 3.8) is 0 Å². The second-order valence-electron chi connectivity index (χ2n) is 8.54. The van der Waals surface area contributed by atoms with Gasteiger partial charge in [0.05, 0.1) is 11.7 Å². The summed E-state index contributed by atoms with van der Waals surface area (Å²) in [7, 11) is 0. The lowest BCUT2D eigenvalue weighted by molar-refractivity contribution is -0.128. The number of thioether (sulfide) groups is 1. The molecule has 0 saturated carbocycles. The molecule has 1 unspecified atom stereocenters. The van der Waals surface area contributed by atoms with E-state index in [-0.39, 0.29) is 11.8 Å². The maximum absolute atomic E-state index is 13.6. The molecule has 0 aliphatic carbocycles. The lowest BCUT2D eigenvalue weighted by atomic mass is 9.74. The monoisotopic (exact) mass is 448 g/mol. The van der Waals surface area contributed by atoms with Crippen LogP contribution in [0, 0.1) is 5.41 Å². The van der Waals surface area contributed by atoms with Crippen molar-refractivity contribution in [2.45, 2.75) is 31.2 Å². The van der Waals surface area contributed by atoms with E-state index in [0.717, 1.165) is 36.3 Å². The number of ketones is 1. The van der Waals surface area contributed by atoms with Crippen LogP contribution < -0.4 is 0 Å². The van der Waals surface area contributed by atoms with Gasteiger partial charge >= 0.3 is 0 Å². The minimum atomic E-state index is -0.439. The fourth-order valence-electron chi connectivity index (χ4n) is 4.24. The highest BCUT2D eigenvalue weighted by molar-refractivity contribution is 7.98. The van der Waals surface area contributed by atoms with Crippen LogP contribution >= 0.6 is 23.1 Å². The average molecular weight is 449 g/mol. The highest BCUT2D eigenvalue weighted by Gasteiger charge is 2.43. The molecule has 1 aliphatic heterocycles. The van der Waals surface area contributed by atoms with Crippen LogP contribution in [-0.4, -0.2) is 35.0 Å². The van der Waals surface area contributed by atoms with Crippen LogP contribution in [0.15, 0.2) is 76.6 Å². The number of nitrogens with zero attached hydrogens (tertiary/aromatic N) is 2. The number of thiophene rings is 1. The number of hydrogen-bond acceptors (Lipinski definition) is 5. The number of likely N-dealkylation sites (tertiary alicyclic amines) is 1. The second kappa shape index (κ2) is 9.51. The van der Waals surface area contributed by atoms with E-state index in [2.05, 4.69) is 71.8 Å². The van der Waals surface area contributed by atoms with E-state index in [1.165, 1.54) is 9.77 Å². The van der Waals surface area contributed by atoms with E-state index < -0.39 is 5.41 Å². The van der Waals surface area contributed by atoms with Gasteiger partial charge in [-0.15, -0.1) is 23.1 Å². The van der Waals surface area contributed by atoms with Gasteiger partial charge in [0.25, 0.3) is 0 Å². The Balaban J connectivity index is 1.77. The van der Waals surface area contributed by atoms with Gasteiger partial charge in [-0.2, -0.15) is 0 Å². The smallest absolute Gasteiger partial charge is 0.167 e.